The van der Waals surface area contributed by atoms with Crippen molar-refractivity contribution in [2.45, 2.75) is 6.42 Å². The predicted octanol–water partition coefficient (Wildman–Crippen LogP) is 1.28. The van der Waals surface area contributed by atoms with Crippen LogP contribution in [0.3, 0.4) is 0 Å². The fourth-order valence-corrected chi connectivity index (χ4v) is 1.40. The number of rotatable bonds is 4. The number of carbonyl (C=O) groups is 2. The molecule has 0 aliphatic carbocycles. The molecule has 0 atom stereocenters. The van der Waals surface area contributed by atoms with Crippen molar-refractivity contribution in [3.63, 3.8) is 0 Å². The average Bonchev–Trinajstić information content (AvgIpc) is 2.12. The molecule has 2 amide bonds. The molecular weight excluding hydrogens is 255 g/mol. The van der Waals surface area contributed by atoms with E-state index in [9.17, 15) is 9.59 Å². The van der Waals surface area contributed by atoms with Gasteiger partial charge < -0.3 is 10.6 Å². The van der Waals surface area contributed by atoms with Crippen molar-refractivity contribution in [1.82, 2.24) is 5.48 Å². The molecule has 0 bridgehead atoms. The number of amides is 2. The number of primary amides is 1. The van der Waals surface area contributed by atoms with Crippen LogP contribution in [-0.4, -0.2) is 11.8 Å². The number of nitrogens with two attached hydrogens (primary N) is 1. The van der Waals surface area contributed by atoms with Crippen molar-refractivity contribution in [2.75, 3.05) is 0 Å². The van der Waals surface area contributed by atoms with Gasteiger partial charge in [0.25, 0.3) is 5.91 Å². The predicted molar refractivity (Wildman–Crippen MR) is 59.0 cm³/mol. The van der Waals surface area contributed by atoms with Gasteiger partial charge in [-0.3, -0.25) is 9.59 Å². The van der Waals surface area contributed by atoms with E-state index >= 15 is 0 Å². The van der Waals surface area contributed by atoms with Crippen LogP contribution in [0.5, 0.6) is 5.75 Å². The molecule has 0 spiro atoms. The van der Waals surface area contributed by atoms with E-state index in [4.69, 9.17) is 33.8 Å². The molecule has 0 heterocycles. The zero-order valence-electron chi connectivity index (χ0n) is 8.00. The topological polar surface area (TPSA) is 81.4 Å². The number of carbonyl (C=O) groups excluding carboxylic acids is 2. The van der Waals surface area contributed by atoms with Crippen molar-refractivity contribution in [3.05, 3.63) is 28.2 Å². The SMILES string of the molecule is NC(=O)CC(=O)NOc1cc(Cl)cc(Cl)c1. The fraction of sp³-hybridized carbons (Fsp3) is 0.111. The van der Waals surface area contributed by atoms with Gasteiger partial charge in [0.05, 0.1) is 0 Å². The van der Waals surface area contributed by atoms with E-state index < -0.39 is 18.2 Å². The molecule has 7 heteroatoms. The Morgan fingerprint density at radius 3 is 2.31 bits per heavy atom. The molecule has 0 saturated heterocycles. The first-order chi connectivity index (χ1) is 7.47. The number of hydroxylamine groups is 1. The smallest absolute Gasteiger partial charge is 0.262 e. The van der Waals surface area contributed by atoms with Gasteiger partial charge in [-0.2, -0.15) is 5.48 Å². The molecular formula is C9H8Cl2N2O3. The van der Waals surface area contributed by atoms with E-state index in [1.54, 1.807) is 0 Å². The minimum atomic E-state index is -0.745. The van der Waals surface area contributed by atoms with Crippen LogP contribution in [0, 0.1) is 0 Å². The van der Waals surface area contributed by atoms with E-state index in [1.165, 1.54) is 18.2 Å². The van der Waals surface area contributed by atoms with Gasteiger partial charge in [-0.15, -0.1) is 0 Å². The molecule has 16 heavy (non-hydrogen) atoms. The van der Waals surface area contributed by atoms with Crippen LogP contribution < -0.4 is 16.1 Å². The molecule has 0 unspecified atom stereocenters. The maximum Gasteiger partial charge on any atom is 0.262 e. The monoisotopic (exact) mass is 262 g/mol. The Labute approximate surface area is 101 Å². The molecule has 86 valence electrons. The van der Waals surface area contributed by atoms with Gasteiger partial charge in [0, 0.05) is 22.2 Å². The Kier molecular flexibility index (Phi) is 4.39. The molecule has 3 N–H and O–H groups in total. The second-order valence-corrected chi connectivity index (χ2v) is 3.75. The molecule has 0 fully saturated rings. The molecule has 1 aromatic rings. The molecule has 5 nitrogen and oxygen atoms in total. The van der Waals surface area contributed by atoms with Crippen molar-refractivity contribution < 1.29 is 14.4 Å². The van der Waals surface area contributed by atoms with Crippen LogP contribution in [0.25, 0.3) is 0 Å². The number of benzene rings is 1. The van der Waals surface area contributed by atoms with E-state index in [0.29, 0.717) is 10.0 Å². The van der Waals surface area contributed by atoms with Crippen LogP contribution >= 0.6 is 23.2 Å². The highest BCUT2D eigenvalue weighted by atomic mass is 35.5. The van der Waals surface area contributed by atoms with Crippen molar-refractivity contribution in [1.29, 1.82) is 0 Å². The molecule has 0 aliphatic rings. The summed E-state index contributed by atoms with van der Waals surface area (Å²) in [6.07, 6.45) is -0.450. The molecule has 1 rings (SSSR count). The lowest BCUT2D eigenvalue weighted by atomic mass is 10.3. The van der Waals surface area contributed by atoms with Gasteiger partial charge in [-0.25, -0.2) is 0 Å². The second-order valence-electron chi connectivity index (χ2n) is 2.88. The van der Waals surface area contributed by atoms with E-state index in [-0.39, 0.29) is 5.75 Å². The van der Waals surface area contributed by atoms with Gasteiger partial charge in [0.2, 0.25) is 5.91 Å². The third-order valence-electron chi connectivity index (χ3n) is 1.45. The number of nitrogens with one attached hydrogen (secondary N) is 1. The molecule has 0 aromatic heterocycles. The minimum absolute atomic E-state index is 0.260. The van der Waals surface area contributed by atoms with Crippen molar-refractivity contribution in [2.24, 2.45) is 5.73 Å². The van der Waals surface area contributed by atoms with Crippen LogP contribution in [0.1, 0.15) is 6.42 Å². The maximum atomic E-state index is 11.0. The van der Waals surface area contributed by atoms with E-state index in [2.05, 4.69) is 0 Å². The van der Waals surface area contributed by atoms with Crippen LogP contribution in [-0.2, 0) is 9.59 Å². The summed E-state index contributed by atoms with van der Waals surface area (Å²) in [5, 5.41) is 0.735. The largest absolute Gasteiger partial charge is 0.379 e. The third kappa shape index (κ3) is 4.37. The second kappa shape index (κ2) is 5.58. The van der Waals surface area contributed by atoms with Gasteiger partial charge >= 0.3 is 0 Å². The fourth-order valence-electron chi connectivity index (χ4n) is 0.898. The van der Waals surface area contributed by atoms with Gasteiger partial charge in [0.15, 0.2) is 5.75 Å². The molecule has 0 aliphatic heterocycles. The van der Waals surface area contributed by atoms with Gasteiger partial charge in [-0.05, 0) is 6.07 Å². The Balaban J connectivity index is 2.54. The minimum Gasteiger partial charge on any atom is -0.379 e. The molecule has 1 aromatic carbocycles. The Morgan fingerprint density at radius 2 is 1.81 bits per heavy atom. The van der Waals surface area contributed by atoms with Gasteiger partial charge in [0.1, 0.15) is 6.42 Å². The summed E-state index contributed by atoms with van der Waals surface area (Å²) in [5.74, 6) is -1.14. The first kappa shape index (κ1) is 12.6. The zero-order chi connectivity index (χ0) is 12.1. The highest BCUT2D eigenvalue weighted by molar-refractivity contribution is 6.34. The summed E-state index contributed by atoms with van der Waals surface area (Å²) >= 11 is 11.4. The van der Waals surface area contributed by atoms with E-state index in [1.807, 2.05) is 5.48 Å². The lowest BCUT2D eigenvalue weighted by molar-refractivity contribution is -0.132. The lowest BCUT2D eigenvalue weighted by Crippen LogP contribution is -2.30. The number of hydrogen-bond donors (Lipinski definition) is 2. The van der Waals surface area contributed by atoms with Crippen LogP contribution in [0.4, 0.5) is 0 Å². The third-order valence-corrected chi connectivity index (χ3v) is 1.89. The Morgan fingerprint density at radius 1 is 1.25 bits per heavy atom. The quantitative estimate of drug-likeness (QED) is 0.634. The highest BCUT2D eigenvalue weighted by Gasteiger charge is 2.06. The van der Waals surface area contributed by atoms with Crippen molar-refractivity contribution in [3.8, 4) is 5.75 Å². The van der Waals surface area contributed by atoms with Crippen molar-refractivity contribution >= 4 is 35.0 Å². The summed E-state index contributed by atoms with van der Waals surface area (Å²) < 4.78 is 0. The normalized spacial score (nSPS) is 9.62. The van der Waals surface area contributed by atoms with Crippen LogP contribution in [0.15, 0.2) is 18.2 Å². The Hall–Kier alpha value is -1.46. The summed E-state index contributed by atoms with van der Waals surface area (Å²) in [6.45, 7) is 0. The first-order valence-corrected chi connectivity index (χ1v) is 4.93. The van der Waals surface area contributed by atoms with Gasteiger partial charge in [-0.1, -0.05) is 23.2 Å². The number of hydrogen-bond acceptors (Lipinski definition) is 3. The summed E-state index contributed by atoms with van der Waals surface area (Å²) in [6, 6.07) is 4.43. The first-order valence-electron chi connectivity index (χ1n) is 4.17. The van der Waals surface area contributed by atoms with Crippen LogP contribution in [0.2, 0.25) is 10.0 Å². The van der Waals surface area contributed by atoms with E-state index in [0.717, 1.165) is 0 Å². The summed E-state index contributed by atoms with van der Waals surface area (Å²) in [4.78, 5) is 26.2. The summed E-state index contributed by atoms with van der Waals surface area (Å²) in [5.41, 5.74) is 6.84. The Bertz CT molecular complexity index is 403. The lowest BCUT2D eigenvalue weighted by Gasteiger charge is -2.06. The molecule has 0 saturated carbocycles. The number of halogens is 2. The average molecular weight is 263 g/mol. The maximum absolute atomic E-state index is 11.0. The summed E-state index contributed by atoms with van der Waals surface area (Å²) in [7, 11) is 0. The zero-order valence-corrected chi connectivity index (χ0v) is 9.51. The molecule has 0 radical (unpaired) electrons. The highest BCUT2D eigenvalue weighted by Crippen LogP contribution is 2.23. The standard InChI is InChI=1S/C9H8Cl2N2O3/c10-5-1-6(11)3-7(2-5)16-13-9(15)4-8(12)14/h1-3H,4H2,(H2,12,14)(H,13,15).